The lowest BCUT2D eigenvalue weighted by molar-refractivity contribution is 0.0682. The Bertz CT molecular complexity index is 1050. The fourth-order valence-electron chi connectivity index (χ4n) is 3.53. The van der Waals surface area contributed by atoms with Crippen molar-refractivity contribution in [3.05, 3.63) is 65.5 Å². The van der Waals surface area contributed by atoms with Crippen LogP contribution in [0.5, 0.6) is 0 Å². The number of piperidine rings is 1. The molecule has 9 heteroatoms. The number of halogens is 1. The summed E-state index contributed by atoms with van der Waals surface area (Å²) in [6.07, 6.45) is 5.99. The molecule has 1 saturated heterocycles. The Morgan fingerprint density at radius 2 is 1.83 bits per heavy atom. The number of nitrogens with zero attached hydrogens (tertiary/aromatic N) is 5. The third kappa shape index (κ3) is 3.75. The number of likely N-dealkylation sites (tertiary alicyclic amines) is 1. The molecular weight excluding hydrogens is 377 g/mol. The highest BCUT2D eigenvalue weighted by Gasteiger charge is 2.27. The van der Waals surface area contributed by atoms with Gasteiger partial charge in [0.25, 0.3) is 5.91 Å². The Balaban J connectivity index is 1.44. The molecule has 8 nitrogen and oxygen atoms in total. The Morgan fingerprint density at radius 1 is 1.14 bits per heavy atom. The highest BCUT2D eigenvalue weighted by molar-refractivity contribution is 5.93. The maximum absolute atomic E-state index is 13.1. The molecule has 3 aromatic rings. The van der Waals surface area contributed by atoms with Crippen molar-refractivity contribution in [3.63, 3.8) is 0 Å². The van der Waals surface area contributed by atoms with Gasteiger partial charge >= 0.3 is 5.97 Å². The van der Waals surface area contributed by atoms with E-state index in [1.54, 1.807) is 32.6 Å². The molecule has 2 aromatic heterocycles. The summed E-state index contributed by atoms with van der Waals surface area (Å²) in [6, 6.07) is 5.98. The number of aromatic carboxylic acids is 1. The third-order valence-corrected chi connectivity index (χ3v) is 5.17. The van der Waals surface area contributed by atoms with Crippen molar-refractivity contribution in [1.29, 1.82) is 0 Å². The number of benzene rings is 1. The van der Waals surface area contributed by atoms with E-state index in [1.165, 1.54) is 24.5 Å². The second kappa shape index (κ2) is 7.50. The van der Waals surface area contributed by atoms with Crippen molar-refractivity contribution >= 4 is 11.9 Å². The van der Waals surface area contributed by atoms with Crippen molar-refractivity contribution < 1.29 is 19.1 Å². The van der Waals surface area contributed by atoms with E-state index < -0.39 is 5.97 Å². The standard InChI is InChI=1S/C20H20FN5O3/c1-13-11-26(16-4-2-15(21)3-5-16)23-18(13)19(27)24-8-6-17(7-9-24)25-12-14(10-22-25)20(28)29/h2-5,10-12,17H,6-9H2,1H3,(H,28,29). The Hall–Kier alpha value is -3.49. The number of aromatic nitrogens is 4. The van der Waals surface area contributed by atoms with Crippen LogP contribution in [-0.4, -0.2) is 54.5 Å². The summed E-state index contributed by atoms with van der Waals surface area (Å²) in [5.74, 6) is -1.48. The first-order chi connectivity index (χ1) is 13.9. The van der Waals surface area contributed by atoms with E-state index in [0.29, 0.717) is 37.3 Å². The molecule has 1 N–H and O–H groups in total. The van der Waals surface area contributed by atoms with Crippen molar-refractivity contribution in [2.75, 3.05) is 13.1 Å². The van der Waals surface area contributed by atoms with Gasteiger partial charge in [0.15, 0.2) is 5.69 Å². The van der Waals surface area contributed by atoms with Crippen LogP contribution in [0.4, 0.5) is 4.39 Å². The number of carbonyl (C=O) groups excluding carboxylic acids is 1. The van der Waals surface area contributed by atoms with Gasteiger partial charge in [-0.15, -0.1) is 0 Å². The zero-order valence-electron chi connectivity index (χ0n) is 15.8. The molecular formula is C20H20FN5O3. The lowest BCUT2D eigenvalue weighted by Crippen LogP contribution is -2.39. The van der Waals surface area contributed by atoms with E-state index >= 15 is 0 Å². The van der Waals surface area contributed by atoms with Gasteiger partial charge in [0, 0.05) is 31.0 Å². The van der Waals surface area contributed by atoms with Gasteiger partial charge in [-0.2, -0.15) is 10.2 Å². The molecule has 0 atom stereocenters. The van der Waals surface area contributed by atoms with Gasteiger partial charge in [-0.1, -0.05) is 0 Å². The van der Waals surface area contributed by atoms with Crippen LogP contribution in [0.2, 0.25) is 0 Å². The summed E-state index contributed by atoms with van der Waals surface area (Å²) >= 11 is 0. The van der Waals surface area contributed by atoms with Crippen LogP contribution in [0.3, 0.4) is 0 Å². The van der Waals surface area contributed by atoms with Gasteiger partial charge in [0.05, 0.1) is 23.5 Å². The average Bonchev–Trinajstić information content (AvgIpc) is 3.35. The van der Waals surface area contributed by atoms with Gasteiger partial charge in [0.2, 0.25) is 0 Å². The topological polar surface area (TPSA) is 93.2 Å². The molecule has 29 heavy (non-hydrogen) atoms. The number of rotatable bonds is 4. The number of carbonyl (C=O) groups is 2. The predicted molar refractivity (Wildman–Crippen MR) is 102 cm³/mol. The monoisotopic (exact) mass is 397 g/mol. The van der Waals surface area contributed by atoms with E-state index in [-0.39, 0.29) is 23.3 Å². The molecule has 0 radical (unpaired) electrons. The first-order valence-electron chi connectivity index (χ1n) is 9.31. The second-order valence-electron chi connectivity index (χ2n) is 7.12. The number of amides is 1. The van der Waals surface area contributed by atoms with E-state index in [0.717, 1.165) is 5.56 Å². The lowest BCUT2D eigenvalue weighted by Gasteiger charge is -2.31. The smallest absolute Gasteiger partial charge is 0.338 e. The molecule has 3 heterocycles. The van der Waals surface area contributed by atoms with Gasteiger partial charge < -0.3 is 10.0 Å². The molecule has 1 aliphatic heterocycles. The first-order valence-corrected chi connectivity index (χ1v) is 9.31. The van der Waals surface area contributed by atoms with Gasteiger partial charge in [-0.3, -0.25) is 9.48 Å². The molecule has 0 aliphatic carbocycles. The van der Waals surface area contributed by atoms with Crippen LogP contribution in [0, 0.1) is 12.7 Å². The lowest BCUT2D eigenvalue weighted by atomic mass is 10.0. The number of hydrogen-bond donors (Lipinski definition) is 1. The first kappa shape index (κ1) is 18.9. The molecule has 0 spiro atoms. The van der Waals surface area contributed by atoms with E-state index in [4.69, 9.17) is 5.11 Å². The molecule has 1 aromatic carbocycles. The van der Waals surface area contributed by atoms with Crippen molar-refractivity contribution in [3.8, 4) is 5.69 Å². The summed E-state index contributed by atoms with van der Waals surface area (Å²) in [7, 11) is 0. The van der Waals surface area contributed by atoms with Crippen LogP contribution >= 0.6 is 0 Å². The summed E-state index contributed by atoms with van der Waals surface area (Å²) < 4.78 is 16.4. The number of carboxylic acids is 1. The van der Waals surface area contributed by atoms with Crippen LogP contribution in [-0.2, 0) is 0 Å². The molecule has 0 saturated carbocycles. The molecule has 150 valence electrons. The largest absolute Gasteiger partial charge is 0.478 e. The minimum Gasteiger partial charge on any atom is -0.478 e. The zero-order chi connectivity index (χ0) is 20.5. The van der Waals surface area contributed by atoms with Gasteiger partial charge in [-0.25, -0.2) is 13.9 Å². The van der Waals surface area contributed by atoms with E-state index in [9.17, 15) is 14.0 Å². The summed E-state index contributed by atoms with van der Waals surface area (Å²) in [5.41, 5.74) is 1.96. The number of hydrogen-bond acceptors (Lipinski definition) is 4. The maximum Gasteiger partial charge on any atom is 0.338 e. The highest BCUT2D eigenvalue weighted by Crippen LogP contribution is 2.24. The molecule has 4 rings (SSSR count). The van der Waals surface area contributed by atoms with Gasteiger partial charge in [-0.05, 0) is 44.0 Å². The second-order valence-corrected chi connectivity index (χ2v) is 7.12. The highest BCUT2D eigenvalue weighted by atomic mass is 19.1. The molecule has 1 fully saturated rings. The maximum atomic E-state index is 13.1. The van der Waals surface area contributed by atoms with E-state index in [2.05, 4.69) is 10.2 Å². The Labute approximate surface area is 166 Å². The fraction of sp³-hybridized carbons (Fsp3) is 0.300. The molecule has 1 amide bonds. The average molecular weight is 397 g/mol. The van der Waals surface area contributed by atoms with Crippen LogP contribution in [0.1, 0.15) is 45.3 Å². The van der Waals surface area contributed by atoms with Crippen molar-refractivity contribution in [2.24, 2.45) is 0 Å². The summed E-state index contributed by atoms with van der Waals surface area (Å²) in [6.45, 7) is 2.90. The minimum atomic E-state index is -1.00. The molecule has 0 unspecified atom stereocenters. The summed E-state index contributed by atoms with van der Waals surface area (Å²) in [5, 5.41) is 17.6. The number of carboxylic acid groups (broad SMARTS) is 1. The SMILES string of the molecule is Cc1cn(-c2ccc(F)cc2)nc1C(=O)N1CCC(n2cc(C(=O)O)cn2)CC1. The predicted octanol–water partition coefficient (Wildman–Crippen LogP) is 2.69. The van der Waals surface area contributed by atoms with Gasteiger partial charge in [0.1, 0.15) is 5.82 Å². The van der Waals surface area contributed by atoms with Crippen molar-refractivity contribution in [1.82, 2.24) is 24.5 Å². The Kier molecular flexibility index (Phi) is 4.87. The van der Waals surface area contributed by atoms with E-state index in [1.807, 2.05) is 6.92 Å². The Morgan fingerprint density at radius 3 is 2.45 bits per heavy atom. The fourth-order valence-corrected chi connectivity index (χ4v) is 3.53. The third-order valence-electron chi connectivity index (χ3n) is 5.17. The summed E-state index contributed by atoms with van der Waals surface area (Å²) in [4.78, 5) is 25.7. The van der Waals surface area contributed by atoms with Crippen LogP contribution in [0.25, 0.3) is 5.69 Å². The minimum absolute atomic E-state index is 0.0602. The quantitative estimate of drug-likeness (QED) is 0.731. The molecule has 0 bridgehead atoms. The zero-order valence-corrected chi connectivity index (χ0v) is 15.8. The van der Waals surface area contributed by atoms with Crippen molar-refractivity contribution in [2.45, 2.75) is 25.8 Å². The van der Waals surface area contributed by atoms with Crippen LogP contribution in [0.15, 0.2) is 42.9 Å². The number of aryl methyl sites for hydroxylation is 1. The molecule has 1 aliphatic rings. The van der Waals surface area contributed by atoms with Crippen LogP contribution < -0.4 is 0 Å². The normalized spacial score (nSPS) is 14.9.